The molecule has 3 aromatic rings. The zero-order chi connectivity index (χ0) is 22.9. The number of rotatable bonds is 6. The largest absolute Gasteiger partial charge is 0.465 e. The Morgan fingerprint density at radius 1 is 1.16 bits per heavy atom. The second-order valence-corrected chi connectivity index (χ2v) is 8.63. The van der Waals surface area contributed by atoms with Crippen LogP contribution < -0.4 is 4.31 Å². The normalized spacial score (nSPS) is 12.4. The second kappa shape index (κ2) is 8.19. The third-order valence-corrected chi connectivity index (χ3v) is 5.96. The minimum absolute atomic E-state index is 0.0257. The molecule has 11 heteroatoms. The molecule has 2 aromatic carbocycles. The highest BCUT2D eigenvalue weighted by Gasteiger charge is 2.32. The maximum Gasteiger partial charge on any atom is 0.340 e. The number of nitro benzene ring substituents is 1. The number of methoxy groups -OCH3 is 1. The van der Waals surface area contributed by atoms with Gasteiger partial charge >= 0.3 is 5.97 Å². The number of nitro groups is 1. The molecule has 10 nitrogen and oxygen atoms in total. The van der Waals surface area contributed by atoms with Gasteiger partial charge in [0.1, 0.15) is 6.04 Å². The number of anilines is 1. The number of aromatic nitrogens is 1. The van der Waals surface area contributed by atoms with Gasteiger partial charge in [0.05, 0.1) is 35.1 Å². The smallest absolute Gasteiger partial charge is 0.340 e. The van der Waals surface area contributed by atoms with Gasteiger partial charge in [0.15, 0.2) is 0 Å². The van der Waals surface area contributed by atoms with Crippen molar-refractivity contribution in [1.82, 2.24) is 4.57 Å². The van der Waals surface area contributed by atoms with E-state index in [0.29, 0.717) is 10.9 Å². The maximum absolute atomic E-state index is 13.3. The maximum atomic E-state index is 13.3. The number of fused-ring (bicyclic) bond motifs is 1. The van der Waals surface area contributed by atoms with E-state index in [1.54, 1.807) is 24.3 Å². The summed E-state index contributed by atoms with van der Waals surface area (Å²) in [5.74, 6) is -1.29. The SMILES string of the molecule is COC(=O)c1cn(C(=O)[C@@H](C)N(c2cccc([N+](=O)[O-])c2)S(C)(=O)=O)c2ccccc12. The zero-order valence-electron chi connectivity index (χ0n) is 16.9. The topological polar surface area (TPSA) is 129 Å². The van der Waals surface area contributed by atoms with Crippen molar-refractivity contribution in [3.05, 3.63) is 70.4 Å². The lowest BCUT2D eigenvalue weighted by molar-refractivity contribution is -0.384. The van der Waals surface area contributed by atoms with E-state index in [2.05, 4.69) is 0 Å². The van der Waals surface area contributed by atoms with Gasteiger partial charge in [0.25, 0.3) is 11.6 Å². The van der Waals surface area contributed by atoms with Crippen LogP contribution in [0.5, 0.6) is 0 Å². The fourth-order valence-corrected chi connectivity index (χ4v) is 4.54. The Kier molecular flexibility index (Phi) is 5.80. The molecule has 0 radical (unpaired) electrons. The van der Waals surface area contributed by atoms with Gasteiger partial charge in [0, 0.05) is 23.7 Å². The van der Waals surface area contributed by atoms with E-state index in [4.69, 9.17) is 4.74 Å². The number of carbonyl (C=O) groups excluding carboxylic acids is 2. The standard InChI is InChI=1S/C20H19N3O7S/c1-13(22(31(3,28)29)14-7-6-8-15(11-14)23(26)27)19(24)21-12-17(20(25)30-2)16-9-4-5-10-18(16)21/h4-13H,1-3H3/t13-/m1/s1. The average Bonchev–Trinajstić information content (AvgIpc) is 3.11. The number of ether oxygens (including phenoxy) is 1. The summed E-state index contributed by atoms with van der Waals surface area (Å²) in [5, 5.41) is 11.6. The van der Waals surface area contributed by atoms with E-state index in [0.717, 1.165) is 16.6 Å². The summed E-state index contributed by atoms with van der Waals surface area (Å²) in [5.41, 5.74) is 0.208. The van der Waals surface area contributed by atoms with Gasteiger partial charge in [-0.25, -0.2) is 13.2 Å². The molecule has 0 aliphatic rings. The molecular weight excluding hydrogens is 426 g/mol. The Hall–Kier alpha value is -3.73. The van der Waals surface area contributed by atoms with Crippen molar-refractivity contribution in [3.63, 3.8) is 0 Å². The van der Waals surface area contributed by atoms with Gasteiger partial charge in [-0.2, -0.15) is 0 Å². The van der Waals surface area contributed by atoms with Gasteiger partial charge in [-0.1, -0.05) is 24.3 Å². The van der Waals surface area contributed by atoms with E-state index in [1.807, 2.05) is 0 Å². The highest BCUT2D eigenvalue weighted by Crippen LogP contribution is 2.28. The molecule has 0 aliphatic heterocycles. The molecule has 1 heterocycles. The van der Waals surface area contributed by atoms with Crippen LogP contribution in [0.3, 0.4) is 0 Å². The average molecular weight is 445 g/mol. The summed E-state index contributed by atoms with van der Waals surface area (Å²) in [6.45, 7) is 1.37. The van der Waals surface area contributed by atoms with Crippen LogP contribution in [0.1, 0.15) is 22.1 Å². The van der Waals surface area contributed by atoms with Crippen molar-refractivity contribution in [3.8, 4) is 0 Å². The number of hydrogen-bond acceptors (Lipinski definition) is 7. The quantitative estimate of drug-likeness (QED) is 0.324. The number of carbonyl (C=O) groups is 2. The predicted octanol–water partition coefficient (Wildman–Crippen LogP) is 2.83. The molecule has 0 bridgehead atoms. The van der Waals surface area contributed by atoms with Crippen molar-refractivity contribution < 1.29 is 27.7 Å². The van der Waals surface area contributed by atoms with Crippen LogP contribution in [0.2, 0.25) is 0 Å². The molecule has 0 N–H and O–H groups in total. The van der Waals surface area contributed by atoms with E-state index in [9.17, 15) is 28.1 Å². The van der Waals surface area contributed by atoms with E-state index in [-0.39, 0.29) is 16.9 Å². The van der Waals surface area contributed by atoms with Crippen LogP contribution in [0.15, 0.2) is 54.7 Å². The van der Waals surface area contributed by atoms with Gasteiger partial charge in [0.2, 0.25) is 10.0 Å². The summed E-state index contributed by atoms with van der Waals surface area (Å²) in [4.78, 5) is 35.9. The second-order valence-electron chi connectivity index (χ2n) is 6.77. The molecule has 31 heavy (non-hydrogen) atoms. The Bertz CT molecular complexity index is 1300. The summed E-state index contributed by atoms with van der Waals surface area (Å²) < 4.78 is 31.8. The molecule has 0 spiro atoms. The van der Waals surface area contributed by atoms with Gasteiger partial charge in [-0.05, 0) is 19.1 Å². The van der Waals surface area contributed by atoms with E-state index in [1.165, 1.54) is 43.0 Å². The fourth-order valence-electron chi connectivity index (χ4n) is 3.38. The molecule has 0 fully saturated rings. The number of benzene rings is 2. The number of nitrogens with zero attached hydrogens (tertiary/aromatic N) is 3. The van der Waals surface area contributed by atoms with E-state index < -0.39 is 32.9 Å². The van der Waals surface area contributed by atoms with Gasteiger partial charge in [-0.3, -0.25) is 23.8 Å². The molecule has 0 saturated heterocycles. The highest BCUT2D eigenvalue weighted by molar-refractivity contribution is 7.92. The molecular formula is C20H19N3O7S. The molecule has 3 rings (SSSR count). The Morgan fingerprint density at radius 2 is 1.84 bits per heavy atom. The first kappa shape index (κ1) is 22.0. The third kappa shape index (κ3) is 4.12. The predicted molar refractivity (Wildman–Crippen MR) is 114 cm³/mol. The van der Waals surface area contributed by atoms with Crippen LogP contribution in [-0.4, -0.2) is 49.2 Å². The minimum atomic E-state index is -4.00. The lowest BCUT2D eigenvalue weighted by Crippen LogP contribution is -2.44. The number of hydrogen-bond donors (Lipinski definition) is 0. The monoisotopic (exact) mass is 445 g/mol. The lowest BCUT2D eigenvalue weighted by Gasteiger charge is -2.28. The molecule has 1 atom stereocenters. The Labute approximate surface area is 177 Å². The number of esters is 1. The first-order chi connectivity index (χ1) is 14.6. The summed E-state index contributed by atoms with van der Waals surface area (Å²) in [6, 6.07) is 10.4. The van der Waals surface area contributed by atoms with Gasteiger partial charge in [-0.15, -0.1) is 0 Å². The minimum Gasteiger partial charge on any atom is -0.465 e. The number of para-hydroxylation sites is 1. The summed E-state index contributed by atoms with van der Waals surface area (Å²) in [7, 11) is -2.78. The van der Waals surface area contributed by atoms with Crippen LogP contribution in [0, 0.1) is 10.1 Å². The molecule has 162 valence electrons. The van der Waals surface area contributed by atoms with Crippen LogP contribution >= 0.6 is 0 Å². The van der Waals surface area contributed by atoms with Crippen LogP contribution in [0.25, 0.3) is 10.9 Å². The molecule has 1 aromatic heterocycles. The lowest BCUT2D eigenvalue weighted by atomic mass is 10.2. The molecule has 0 aliphatic carbocycles. The Balaban J connectivity index is 2.13. The van der Waals surface area contributed by atoms with Crippen molar-refractivity contribution in [2.75, 3.05) is 17.7 Å². The van der Waals surface area contributed by atoms with Crippen molar-refractivity contribution in [2.24, 2.45) is 0 Å². The number of sulfonamides is 1. The number of non-ortho nitro benzene ring substituents is 1. The zero-order valence-corrected chi connectivity index (χ0v) is 17.7. The summed E-state index contributed by atoms with van der Waals surface area (Å²) >= 11 is 0. The molecule has 0 unspecified atom stereocenters. The third-order valence-electron chi connectivity index (χ3n) is 4.72. The van der Waals surface area contributed by atoms with Crippen molar-refractivity contribution >= 4 is 44.2 Å². The highest BCUT2D eigenvalue weighted by atomic mass is 32.2. The van der Waals surface area contributed by atoms with Crippen LogP contribution in [0.4, 0.5) is 11.4 Å². The van der Waals surface area contributed by atoms with Crippen molar-refractivity contribution in [2.45, 2.75) is 13.0 Å². The fraction of sp³-hybridized carbons (Fsp3) is 0.200. The molecule has 0 saturated carbocycles. The first-order valence-electron chi connectivity index (χ1n) is 9.02. The molecule has 0 amide bonds. The first-order valence-corrected chi connectivity index (χ1v) is 10.9. The summed E-state index contributed by atoms with van der Waals surface area (Å²) in [6.07, 6.45) is 2.20. The van der Waals surface area contributed by atoms with Crippen molar-refractivity contribution in [1.29, 1.82) is 0 Å². The van der Waals surface area contributed by atoms with Gasteiger partial charge < -0.3 is 4.74 Å². The van der Waals surface area contributed by atoms with E-state index >= 15 is 0 Å². The van der Waals surface area contributed by atoms with Crippen LogP contribution in [-0.2, 0) is 14.8 Å². The Morgan fingerprint density at radius 3 is 2.45 bits per heavy atom.